The lowest BCUT2D eigenvalue weighted by atomic mass is 9.95. The predicted molar refractivity (Wildman–Crippen MR) is 77.9 cm³/mol. The second kappa shape index (κ2) is 5.66. The Morgan fingerprint density at radius 2 is 2.05 bits per heavy atom. The number of carbonyl (C=O) groups excluding carboxylic acids is 2. The van der Waals surface area contributed by atoms with Crippen molar-refractivity contribution in [3.8, 4) is 0 Å². The summed E-state index contributed by atoms with van der Waals surface area (Å²) in [5, 5.41) is 2.82. The molecule has 20 heavy (non-hydrogen) atoms. The van der Waals surface area contributed by atoms with Crippen molar-refractivity contribution < 1.29 is 14.3 Å². The molecule has 1 aliphatic heterocycles. The third kappa shape index (κ3) is 2.43. The largest absolute Gasteiger partial charge is 0.466 e. The lowest BCUT2D eigenvalue weighted by Crippen LogP contribution is -2.46. The Kier molecular flexibility index (Phi) is 4.13. The Labute approximate surface area is 125 Å². The molecule has 6 heteroatoms. The van der Waals surface area contributed by atoms with E-state index in [0.29, 0.717) is 11.3 Å². The molecule has 2 amide bonds. The molecule has 0 aromatic heterocycles. The molecule has 1 aromatic rings. The van der Waals surface area contributed by atoms with Crippen LogP contribution in [-0.2, 0) is 9.53 Å². The van der Waals surface area contributed by atoms with E-state index in [1.165, 1.54) is 12.0 Å². The summed E-state index contributed by atoms with van der Waals surface area (Å²) in [5.41, 5.74) is 1.83. The fourth-order valence-electron chi connectivity index (χ4n) is 2.15. The normalized spacial score (nSPS) is 18.9. The van der Waals surface area contributed by atoms with Crippen LogP contribution in [0.4, 0.5) is 4.79 Å². The van der Waals surface area contributed by atoms with E-state index in [-0.39, 0.29) is 6.03 Å². The van der Waals surface area contributed by atoms with E-state index in [9.17, 15) is 9.59 Å². The van der Waals surface area contributed by atoms with Crippen molar-refractivity contribution in [3.05, 3.63) is 45.6 Å². The van der Waals surface area contributed by atoms with Crippen LogP contribution in [0.5, 0.6) is 0 Å². The molecule has 1 aliphatic rings. The molecule has 106 valence electrons. The summed E-state index contributed by atoms with van der Waals surface area (Å²) in [6.45, 7) is 1.73. The van der Waals surface area contributed by atoms with Gasteiger partial charge in [0, 0.05) is 17.2 Å². The van der Waals surface area contributed by atoms with Crippen LogP contribution >= 0.6 is 15.9 Å². The van der Waals surface area contributed by atoms with Gasteiger partial charge in [0.25, 0.3) is 0 Å². The molecular weight excluding hydrogens is 324 g/mol. The lowest BCUT2D eigenvalue weighted by molar-refractivity contribution is -0.136. The SMILES string of the molecule is COC(=O)C1=C(C)N(C)C(=O)NC1c1ccccc1Br. The zero-order valence-electron chi connectivity index (χ0n) is 11.4. The summed E-state index contributed by atoms with van der Waals surface area (Å²) < 4.78 is 5.67. The molecule has 0 radical (unpaired) electrons. The number of urea groups is 1. The smallest absolute Gasteiger partial charge is 0.337 e. The van der Waals surface area contributed by atoms with E-state index in [4.69, 9.17) is 4.74 Å². The zero-order valence-corrected chi connectivity index (χ0v) is 13.0. The Morgan fingerprint density at radius 1 is 1.40 bits per heavy atom. The van der Waals surface area contributed by atoms with Gasteiger partial charge in [-0.15, -0.1) is 0 Å². The molecule has 0 aliphatic carbocycles. The molecule has 0 saturated heterocycles. The van der Waals surface area contributed by atoms with Crippen molar-refractivity contribution in [2.45, 2.75) is 13.0 Å². The average molecular weight is 339 g/mol. The second-order valence-corrected chi connectivity index (χ2v) is 5.31. The molecule has 0 fully saturated rings. The number of allylic oxidation sites excluding steroid dienone is 1. The number of hydrogen-bond donors (Lipinski definition) is 1. The van der Waals surface area contributed by atoms with Gasteiger partial charge in [0.15, 0.2) is 0 Å². The van der Waals surface area contributed by atoms with Crippen molar-refractivity contribution >= 4 is 27.9 Å². The van der Waals surface area contributed by atoms with Crippen LogP contribution in [0, 0.1) is 0 Å². The number of nitrogens with zero attached hydrogens (tertiary/aromatic N) is 1. The van der Waals surface area contributed by atoms with Gasteiger partial charge in [0.2, 0.25) is 0 Å². The second-order valence-electron chi connectivity index (χ2n) is 4.45. The number of benzene rings is 1. The summed E-state index contributed by atoms with van der Waals surface area (Å²) >= 11 is 3.45. The monoisotopic (exact) mass is 338 g/mol. The van der Waals surface area contributed by atoms with E-state index in [0.717, 1.165) is 10.0 Å². The van der Waals surface area contributed by atoms with Crippen molar-refractivity contribution in [1.82, 2.24) is 10.2 Å². The maximum Gasteiger partial charge on any atom is 0.337 e. The Balaban J connectivity index is 2.58. The number of esters is 1. The maximum absolute atomic E-state index is 12.1. The van der Waals surface area contributed by atoms with Crippen LogP contribution in [0.25, 0.3) is 0 Å². The van der Waals surface area contributed by atoms with E-state index in [2.05, 4.69) is 21.2 Å². The third-order valence-electron chi connectivity index (χ3n) is 3.38. The van der Waals surface area contributed by atoms with Crippen LogP contribution in [0.15, 0.2) is 40.0 Å². The summed E-state index contributed by atoms with van der Waals surface area (Å²) in [6, 6.07) is 6.67. The first-order valence-corrected chi connectivity index (χ1v) is 6.84. The summed E-state index contributed by atoms with van der Waals surface area (Å²) in [6.07, 6.45) is 0. The van der Waals surface area contributed by atoms with Gasteiger partial charge >= 0.3 is 12.0 Å². The molecule has 1 unspecified atom stereocenters. The highest BCUT2D eigenvalue weighted by atomic mass is 79.9. The summed E-state index contributed by atoms with van der Waals surface area (Å²) in [5.74, 6) is -0.449. The van der Waals surface area contributed by atoms with Gasteiger partial charge in [0.1, 0.15) is 0 Å². The first kappa shape index (κ1) is 14.6. The van der Waals surface area contributed by atoms with Crippen LogP contribution in [0.2, 0.25) is 0 Å². The van der Waals surface area contributed by atoms with Crippen LogP contribution in [0.3, 0.4) is 0 Å². The number of methoxy groups -OCH3 is 1. The van der Waals surface area contributed by atoms with Crippen LogP contribution < -0.4 is 5.32 Å². The van der Waals surface area contributed by atoms with Crippen molar-refractivity contribution in [2.24, 2.45) is 0 Å². The molecule has 1 heterocycles. The highest BCUT2D eigenvalue weighted by molar-refractivity contribution is 9.10. The fraction of sp³-hybridized carbons (Fsp3) is 0.286. The van der Waals surface area contributed by atoms with E-state index < -0.39 is 12.0 Å². The number of hydrogen-bond acceptors (Lipinski definition) is 3. The predicted octanol–water partition coefficient (Wildman–Crippen LogP) is 2.59. The van der Waals surface area contributed by atoms with Crippen LogP contribution in [0.1, 0.15) is 18.5 Å². The van der Waals surface area contributed by atoms with Crippen molar-refractivity contribution in [3.63, 3.8) is 0 Å². The van der Waals surface area contributed by atoms with E-state index >= 15 is 0 Å². The highest BCUT2D eigenvalue weighted by Gasteiger charge is 2.35. The molecule has 0 bridgehead atoms. The number of ether oxygens (including phenoxy) is 1. The van der Waals surface area contributed by atoms with Gasteiger partial charge < -0.3 is 15.0 Å². The maximum atomic E-state index is 12.1. The fourth-order valence-corrected chi connectivity index (χ4v) is 2.67. The molecule has 2 rings (SSSR count). The van der Waals surface area contributed by atoms with Gasteiger partial charge in [-0.2, -0.15) is 0 Å². The average Bonchev–Trinajstić information content (AvgIpc) is 2.44. The third-order valence-corrected chi connectivity index (χ3v) is 4.10. The van der Waals surface area contributed by atoms with E-state index in [1.54, 1.807) is 14.0 Å². The molecule has 0 saturated carbocycles. The number of carbonyl (C=O) groups is 2. The van der Waals surface area contributed by atoms with Gasteiger partial charge in [-0.25, -0.2) is 9.59 Å². The number of rotatable bonds is 2. The Hall–Kier alpha value is -1.82. The number of halogens is 1. The quantitative estimate of drug-likeness (QED) is 0.843. The van der Waals surface area contributed by atoms with Crippen molar-refractivity contribution in [2.75, 3.05) is 14.2 Å². The Bertz CT molecular complexity index is 598. The Morgan fingerprint density at radius 3 is 2.65 bits per heavy atom. The minimum absolute atomic E-state index is 0.254. The molecular formula is C14H15BrN2O3. The van der Waals surface area contributed by atoms with Gasteiger partial charge in [-0.3, -0.25) is 0 Å². The first-order valence-electron chi connectivity index (χ1n) is 6.05. The summed E-state index contributed by atoms with van der Waals surface area (Å²) in [4.78, 5) is 25.4. The molecule has 1 atom stereocenters. The van der Waals surface area contributed by atoms with Gasteiger partial charge in [0.05, 0.1) is 18.7 Å². The summed E-state index contributed by atoms with van der Waals surface area (Å²) in [7, 11) is 2.94. The van der Waals surface area contributed by atoms with Gasteiger partial charge in [-0.05, 0) is 18.6 Å². The minimum Gasteiger partial charge on any atom is -0.466 e. The molecule has 1 N–H and O–H groups in total. The van der Waals surface area contributed by atoms with E-state index in [1.807, 2.05) is 24.3 Å². The first-order chi connectivity index (χ1) is 9.47. The highest BCUT2D eigenvalue weighted by Crippen LogP contribution is 2.34. The topological polar surface area (TPSA) is 58.6 Å². The van der Waals surface area contributed by atoms with Crippen molar-refractivity contribution in [1.29, 1.82) is 0 Å². The minimum atomic E-state index is -0.526. The lowest BCUT2D eigenvalue weighted by Gasteiger charge is -2.33. The molecule has 0 spiro atoms. The van der Waals surface area contributed by atoms with Crippen LogP contribution in [-0.4, -0.2) is 31.1 Å². The molecule has 1 aromatic carbocycles. The molecule has 5 nitrogen and oxygen atoms in total. The standard InChI is InChI=1S/C14H15BrN2O3/c1-8-11(13(18)20-3)12(16-14(19)17(8)2)9-6-4-5-7-10(9)15/h4-7,12H,1-3H3,(H,16,19). The number of nitrogens with one attached hydrogen (secondary N) is 1. The van der Waals surface area contributed by atoms with Gasteiger partial charge in [-0.1, -0.05) is 34.1 Å². The zero-order chi connectivity index (χ0) is 14.9. The number of amides is 2.